The summed E-state index contributed by atoms with van der Waals surface area (Å²) >= 11 is 0. The summed E-state index contributed by atoms with van der Waals surface area (Å²) in [6, 6.07) is 15.7. The highest BCUT2D eigenvalue weighted by Crippen LogP contribution is 2.11. The maximum Gasteiger partial charge on any atom is 0.251 e. The summed E-state index contributed by atoms with van der Waals surface area (Å²) < 4.78 is 3.99. The largest absolute Gasteiger partial charge is 0.346 e. The first-order valence-corrected chi connectivity index (χ1v) is 9.31. The van der Waals surface area contributed by atoms with Crippen molar-refractivity contribution in [3.63, 3.8) is 0 Å². The number of hydrogen-bond acceptors (Lipinski definition) is 3. The Kier molecular flexibility index (Phi) is 4.69. The van der Waals surface area contributed by atoms with Gasteiger partial charge < -0.3 is 9.72 Å². The summed E-state index contributed by atoms with van der Waals surface area (Å²) in [6.07, 6.45) is 1.96. The molecule has 0 saturated carbocycles. The third-order valence-electron chi connectivity index (χ3n) is 4.83. The van der Waals surface area contributed by atoms with Gasteiger partial charge in [0.2, 0.25) is 0 Å². The molecule has 0 saturated heterocycles. The highest BCUT2D eigenvalue weighted by atomic mass is 16.1. The number of nitrogens with one attached hydrogen (secondary N) is 1. The van der Waals surface area contributed by atoms with Crippen LogP contribution in [-0.4, -0.2) is 25.1 Å². The van der Waals surface area contributed by atoms with E-state index in [9.17, 15) is 4.79 Å². The van der Waals surface area contributed by atoms with E-state index in [1.54, 1.807) is 0 Å². The van der Waals surface area contributed by atoms with Gasteiger partial charge in [-0.2, -0.15) is 5.10 Å². The van der Waals surface area contributed by atoms with Crippen LogP contribution in [0.25, 0.3) is 5.65 Å². The molecule has 0 radical (unpaired) electrons. The molecule has 0 fully saturated rings. The van der Waals surface area contributed by atoms with Gasteiger partial charge in [0.25, 0.3) is 5.91 Å². The average Bonchev–Trinajstić information content (AvgIpc) is 3.24. The van der Waals surface area contributed by atoms with Crippen LogP contribution in [0.2, 0.25) is 0 Å². The molecule has 0 aliphatic carbocycles. The predicted octanol–water partition coefficient (Wildman–Crippen LogP) is 3.43. The third-order valence-corrected chi connectivity index (χ3v) is 4.83. The van der Waals surface area contributed by atoms with E-state index in [1.165, 1.54) is 0 Å². The molecular formula is C22H23N5O. The van der Waals surface area contributed by atoms with Crippen LogP contribution in [0.1, 0.15) is 38.7 Å². The number of amides is 1. The van der Waals surface area contributed by atoms with E-state index in [4.69, 9.17) is 0 Å². The second kappa shape index (κ2) is 7.31. The van der Waals surface area contributed by atoms with Crippen LogP contribution in [0, 0.1) is 20.8 Å². The van der Waals surface area contributed by atoms with E-state index in [1.807, 2.05) is 78.5 Å². The van der Waals surface area contributed by atoms with Gasteiger partial charge in [-0.1, -0.05) is 18.2 Å². The van der Waals surface area contributed by atoms with Crippen LogP contribution < -0.4 is 5.32 Å². The van der Waals surface area contributed by atoms with Gasteiger partial charge in [0.15, 0.2) is 0 Å². The molecule has 0 atom stereocenters. The first-order valence-electron chi connectivity index (χ1n) is 9.31. The summed E-state index contributed by atoms with van der Waals surface area (Å²) in [5.74, 6) is -0.105. The Morgan fingerprint density at radius 1 is 1.04 bits per heavy atom. The number of hydrogen-bond donors (Lipinski definition) is 1. The van der Waals surface area contributed by atoms with Crippen molar-refractivity contribution in [2.45, 2.75) is 33.9 Å². The van der Waals surface area contributed by atoms with Gasteiger partial charge in [-0.3, -0.25) is 9.48 Å². The van der Waals surface area contributed by atoms with Crippen molar-refractivity contribution in [1.82, 2.24) is 24.5 Å². The molecule has 142 valence electrons. The summed E-state index contributed by atoms with van der Waals surface area (Å²) in [6.45, 7) is 7.16. The fraction of sp³-hybridized carbons (Fsp3) is 0.227. The van der Waals surface area contributed by atoms with Crippen LogP contribution in [0.4, 0.5) is 0 Å². The molecule has 0 aliphatic heterocycles. The van der Waals surface area contributed by atoms with Crippen LogP contribution in [0.3, 0.4) is 0 Å². The number of aryl methyl sites for hydroxylation is 3. The fourth-order valence-electron chi connectivity index (χ4n) is 3.33. The lowest BCUT2D eigenvalue weighted by molar-refractivity contribution is 0.0950. The van der Waals surface area contributed by atoms with Gasteiger partial charge in [0.1, 0.15) is 5.65 Å². The van der Waals surface area contributed by atoms with Crippen molar-refractivity contribution in [2.24, 2.45) is 0 Å². The second-order valence-electron chi connectivity index (χ2n) is 7.09. The van der Waals surface area contributed by atoms with Crippen molar-refractivity contribution in [1.29, 1.82) is 0 Å². The normalized spacial score (nSPS) is 11.1. The molecule has 0 bridgehead atoms. The highest BCUT2D eigenvalue weighted by molar-refractivity contribution is 5.94. The Hall–Kier alpha value is -3.41. The summed E-state index contributed by atoms with van der Waals surface area (Å²) in [7, 11) is 0. The van der Waals surface area contributed by atoms with Crippen molar-refractivity contribution >= 4 is 11.6 Å². The molecule has 0 spiro atoms. The van der Waals surface area contributed by atoms with Crippen LogP contribution in [0.5, 0.6) is 0 Å². The van der Waals surface area contributed by atoms with Gasteiger partial charge in [0, 0.05) is 23.1 Å². The Morgan fingerprint density at radius 3 is 2.50 bits per heavy atom. The smallest absolute Gasteiger partial charge is 0.251 e. The quantitative estimate of drug-likeness (QED) is 0.583. The van der Waals surface area contributed by atoms with Gasteiger partial charge in [-0.15, -0.1) is 0 Å². The fourth-order valence-corrected chi connectivity index (χ4v) is 3.33. The number of rotatable bonds is 5. The molecule has 3 heterocycles. The summed E-state index contributed by atoms with van der Waals surface area (Å²) in [5.41, 5.74) is 6.72. The van der Waals surface area contributed by atoms with Crippen LogP contribution in [0.15, 0.2) is 54.7 Å². The number of pyridine rings is 1. The standard InChI is InChI=1S/C22H23N5O/c1-15-11-17(3)27(25-15)13-18-7-9-19(10-8-18)22(28)23-12-20-14-26-16(2)5-4-6-21(26)24-20/h4-11,14H,12-13H2,1-3H3,(H,23,28). The van der Waals surface area contributed by atoms with Gasteiger partial charge in [-0.25, -0.2) is 4.98 Å². The van der Waals surface area contributed by atoms with Gasteiger partial charge >= 0.3 is 0 Å². The predicted molar refractivity (Wildman–Crippen MR) is 108 cm³/mol. The van der Waals surface area contributed by atoms with E-state index in [0.717, 1.165) is 34.0 Å². The molecule has 1 amide bonds. The molecule has 1 N–H and O–H groups in total. The Morgan fingerprint density at radius 2 is 1.82 bits per heavy atom. The Labute approximate surface area is 163 Å². The second-order valence-corrected chi connectivity index (χ2v) is 7.09. The lowest BCUT2D eigenvalue weighted by Gasteiger charge is -2.07. The minimum absolute atomic E-state index is 0.105. The first kappa shape index (κ1) is 18.0. The maximum absolute atomic E-state index is 12.5. The number of carbonyl (C=O) groups excluding carboxylic acids is 1. The summed E-state index contributed by atoms with van der Waals surface area (Å²) in [4.78, 5) is 17.0. The van der Waals surface area contributed by atoms with Crippen LogP contribution in [-0.2, 0) is 13.1 Å². The summed E-state index contributed by atoms with van der Waals surface area (Å²) in [5, 5.41) is 7.42. The highest BCUT2D eigenvalue weighted by Gasteiger charge is 2.09. The number of aromatic nitrogens is 4. The van der Waals surface area contributed by atoms with Gasteiger partial charge in [0.05, 0.1) is 24.5 Å². The molecule has 1 aromatic carbocycles. The van der Waals surface area contributed by atoms with Crippen molar-refractivity contribution in [2.75, 3.05) is 0 Å². The van der Waals surface area contributed by atoms with Crippen molar-refractivity contribution in [3.8, 4) is 0 Å². The zero-order valence-corrected chi connectivity index (χ0v) is 16.3. The first-order chi connectivity index (χ1) is 13.5. The molecular weight excluding hydrogens is 350 g/mol. The molecule has 4 aromatic rings. The molecule has 28 heavy (non-hydrogen) atoms. The lowest BCUT2D eigenvalue weighted by atomic mass is 10.1. The third kappa shape index (κ3) is 3.67. The maximum atomic E-state index is 12.5. The molecule has 4 rings (SSSR count). The van der Waals surface area contributed by atoms with Crippen LogP contribution >= 0.6 is 0 Å². The number of carbonyl (C=O) groups is 1. The Balaban J connectivity index is 1.40. The monoisotopic (exact) mass is 373 g/mol. The molecule has 6 nitrogen and oxygen atoms in total. The number of imidazole rings is 1. The SMILES string of the molecule is Cc1cc(C)n(Cc2ccc(C(=O)NCc3cn4c(C)cccc4n3)cc2)n1. The molecule has 6 heteroatoms. The zero-order chi connectivity index (χ0) is 19.7. The van der Waals surface area contributed by atoms with E-state index in [0.29, 0.717) is 18.7 Å². The number of fused-ring (bicyclic) bond motifs is 1. The topological polar surface area (TPSA) is 64.2 Å². The average molecular weight is 373 g/mol. The van der Waals surface area contributed by atoms with E-state index in [-0.39, 0.29) is 5.91 Å². The van der Waals surface area contributed by atoms with Crippen molar-refractivity contribution < 1.29 is 4.79 Å². The number of nitrogens with zero attached hydrogens (tertiary/aromatic N) is 4. The van der Waals surface area contributed by atoms with Crippen molar-refractivity contribution in [3.05, 3.63) is 88.6 Å². The number of benzene rings is 1. The minimum Gasteiger partial charge on any atom is -0.346 e. The molecule has 0 aliphatic rings. The van der Waals surface area contributed by atoms with E-state index in [2.05, 4.69) is 21.5 Å². The lowest BCUT2D eigenvalue weighted by Crippen LogP contribution is -2.23. The zero-order valence-electron chi connectivity index (χ0n) is 16.3. The van der Waals surface area contributed by atoms with Gasteiger partial charge in [-0.05, 0) is 56.7 Å². The van der Waals surface area contributed by atoms with E-state index >= 15 is 0 Å². The molecule has 0 unspecified atom stereocenters. The van der Waals surface area contributed by atoms with E-state index < -0.39 is 0 Å². The molecule has 3 aromatic heterocycles. The Bertz CT molecular complexity index is 1140. The minimum atomic E-state index is -0.105.